The maximum absolute atomic E-state index is 11.8. The van der Waals surface area contributed by atoms with E-state index in [9.17, 15) is 9.90 Å². The monoisotopic (exact) mass is 276 g/mol. The molecule has 0 unspecified atom stereocenters. The minimum atomic E-state index is -0.719. The molecule has 3 rings (SSSR count). The molecule has 1 aliphatic heterocycles. The Morgan fingerprint density at radius 3 is 2.80 bits per heavy atom. The number of amides is 2. The van der Waals surface area contributed by atoms with Crippen molar-refractivity contribution in [3.05, 3.63) is 29.3 Å². The van der Waals surface area contributed by atoms with Gasteiger partial charge in [-0.2, -0.15) is 0 Å². The van der Waals surface area contributed by atoms with Crippen molar-refractivity contribution in [3.63, 3.8) is 0 Å². The highest BCUT2D eigenvalue weighted by molar-refractivity contribution is 5.89. The third kappa shape index (κ3) is 2.94. The first-order chi connectivity index (χ1) is 9.65. The number of carbonyl (C=O) groups is 1. The summed E-state index contributed by atoms with van der Waals surface area (Å²) in [6.07, 6.45) is 3.60. The van der Waals surface area contributed by atoms with E-state index in [1.165, 1.54) is 5.56 Å². The van der Waals surface area contributed by atoms with Crippen LogP contribution in [0, 0.1) is 0 Å². The number of urea groups is 1. The lowest BCUT2D eigenvalue weighted by Crippen LogP contribution is -2.42. The van der Waals surface area contributed by atoms with Crippen LogP contribution in [0.2, 0.25) is 0 Å². The lowest BCUT2D eigenvalue weighted by molar-refractivity contribution is 0.0506. The van der Waals surface area contributed by atoms with Crippen LogP contribution in [0.25, 0.3) is 0 Å². The fourth-order valence-electron chi connectivity index (χ4n) is 2.88. The number of aliphatic hydroxyl groups is 1. The van der Waals surface area contributed by atoms with Crippen LogP contribution in [0.5, 0.6) is 0 Å². The number of anilines is 1. The smallest absolute Gasteiger partial charge is 0.319 e. The summed E-state index contributed by atoms with van der Waals surface area (Å²) in [5.74, 6) is 0. The van der Waals surface area contributed by atoms with Gasteiger partial charge >= 0.3 is 6.03 Å². The molecule has 1 aromatic rings. The van der Waals surface area contributed by atoms with Crippen molar-refractivity contribution in [1.29, 1.82) is 0 Å². The van der Waals surface area contributed by atoms with Gasteiger partial charge < -0.3 is 20.5 Å². The summed E-state index contributed by atoms with van der Waals surface area (Å²) in [5.41, 5.74) is 2.34. The van der Waals surface area contributed by atoms with E-state index in [2.05, 4.69) is 10.6 Å². The summed E-state index contributed by atoms with van der Waals surface area (Å²) in [7, 11) is 0. The van der Waals surface area contributed by atoms with E-state index in [1.54, 1.807) is 0 Å². The molecule has 2 aliphatic rings. The molecule has 0 saturated heterocycles. The maximum atomic E-state index is 11.8. The SMILES string of the molecule is O=C(NCC1(O)CCCC1)Nc1ccc2c(c1)COC2. The van der Waals surface area contributed by atoms with E-state index < -0.39 is 5.60 Å². The highest BCUT2D eigenvalue weighted by Crippen LogP contribution is 2.28. The zero-order chi connectivity index (χ0) is 14.0. The molecule has 2 amide bonds. The highest BCUT2D eigenvalue weighted by Gasteiger charge is 2.31. The van der Waals surface area contributed by atoms with Crippen LogP contribution in [-0.2, 0) is 18.0 Å². The molecule has 1 fully saturated rings. The number of benzene rings is 1. The third-order valence-corrected chi connectivity index (χ3v) is 4.09. The van der Waals surface area contributed by atoms with Crippen molar-refractivity contribution < 1.29 is 14.6 Å². The first-order valence-corrected chi connectivity index (χ1v) is 7.11. The predicted molar refractivity (Wildman–Crippen MR) is 75.4 cm³/mol. The second-order valence-corrected chi connectivity index (χ2v) is 5.72. The first kappa shape index (κ1) is 13.4. The van der Waals surface area contributed by atoms with Gasteiger partial charge in [0.25, 0.3) is 0 Å². The third-order valence-electron chi connectivity index (χ3n) is 4.09. The number of hydrogen-bond donors (Lipinski definition) is 3. The average molecular weight is 276 g/mol. The molecular formula is C15H20N2O3. The normalized spacial score (nSPS) is 19.6. The molecule has 0 atom stereocenters. The number of fused-ring (bicyclic) bond motifs is 1. The zero-order valence-electron chi connectivity index (χ0n) is 11.4. The number of rotatable bonds is 3. The van der Waals surface area contributed by atoms with Crippen LogP contribution in [0.4, 0.5) is 10.5 Å². The second-order valence-electron chi connectivity index (χ2n) is 5.72. The Hall–Kier alpha value is -1.59. The van der Waals surface area contributed by atoms with Crippen molar-refractivity contribution in [2.45, 2.75) is 44.5 Å². The van der Waals surface area contributed by atoms with E-state index in [1.807, 2.05) is 18.2 Å². The Labute approximate surface area is 118 Å². The van der Waals surface area contributed by atoms with Gasteiger partial charge in [0, 0.05) is 12.2 Å². The summed E-state index contributed by atoms with van der Waals surface area (Å²) >= 11 is 0. The van der Waals surface area contributed by atoms with E-state index in [0.29, 0.717) is 19.8 Å². The molecule has 0 bridgehead atoms. The van der Waals surface area contributed by atoms with Crippen LogP contribution >= 0.6 is 0 Å². The van der Waals surface area contributed by atoms with Crippen molar-refractivity contribution in [1.82, 2.24) is 5.32 Å². The maximum Gasteiger partial charge on any atom is 0.319 e. The minimum absolute atomic E-state index is 0.274. The zero-order valence-corrected chi connectivity index (χ0v) is 11.4. The van der Waals surface area contributed by atoms with E-state index >= 15 is 0 Å². The van der Waals surface area contributed by atoms with Crippen molar-refractivity contribution in [2.75, 3.05) is 11.9 Å². The fourth-order valence-corrected chi connectivity index (χ4v) is 2.88. The number of ether oxygens (including phenoxy) is 1. The number of hydrogen-bond acceptors (Lipinski definition) is 3. The standard InChI is InChI=1S/C15H20N2O3/c18-14(16-10-15(19)5-1-2-6-15)17-13-4-3-11-8-20-9-12(11)7-13/h3-4,7,19H,1-2,5-6,8-10H2,(H2,16,17,18). The molecule has 1 heterocycles. The van der Waals surface area contributed by atoms with Crippen molar-refractivity contribution in [2.24, 2.45) is 0 Å². The summed E-state index contributed by atoms with van der Waals surface area (Å²) in [5, 5.41) is 15.7. The topological polar surface area (TPSA) is 70.6 Å². The summed E-state index contributed by atoms with van der Waals surface area (Å²) in [6.45, 7) is 1.56. The Morgan fingerprint density at radius 1 is 1.25 bits per heavy atom. The molecule has 0 radical (unpaired) electrons. The predicted octanol–water partition coefficient (Wildman–Crippen LogP) is 2.14. The van der Waals surface area contributed by atoms with Gasteiger partial charge in [-0.3, -0.25) is 0 Å². The van der Waals surface area contributed by atoms with Crippen LogP contribution in [0.1, 0.15) is 36.8 Å². The summed E-state index contributed by atoms with van der Waals surface area (Å²) < 4.78 is 5.34. The molecule has 0 spiro atoms. The largest absolute Gasteiger partial charge is 0.388 e. The molecule has 1 aromatic carbocycles. The van der Waals surface area contributed by atoms with Crippen LogP contribution in [-0.4, -0.2) is 23.3 Å². The Bertz CT molecular complexity index is 510. The summed E-state index contributed by atoms with van der Waals surface area (Å²) in [6, 6.07) is 5.51. The molecule has 1 saturated carbocycles. The molecule has 5 nitrogen and oxygen atoms in total. The van der Waals surface area contributed by atoms with Gasteiger partial charge in [-0.05, 0) is 36.1 Å². The van der Waals surface area contributed by atoms with Gasteiger partial charge in [-0.1, -0.05) is 18.9 Å². The van der Waals surface area contributed by atoms with E-state index in [4.69, 9.17) is 4.74 Å². The van der Waals surface area contributed by atoms with Crippen LogP contribution in [0.3, 0.4) is 0 Å². The Balaban J connectivity index is 1.53. The second kappa shape index (κ2) is 5.42. The van der Waals surface area contributed by atoms with Crippen LogP contribution < -0.4 is 10.6 Å². The van der Waals surface area contributed by atoms with Crippen LogP contribution in [0.15, 0.2) is 18.2 Å². The van der Waals surface area contributed by atoms with Gasteiger partial charge in [0.05, 0.1) is 18.8 Å². The van der Waals surface area contributed by atoms with E-state index in [-0.39, 0.29) is 6.03 Å². The molecular weight excluding hydrogens is 256 g/mol. The highest BCUT2D eigenvalue weighted by atomic mass is 16.5. The van der Waals surface area contributed by atoms with Gasteiger partial charge in [0.2, 0.25) is 0 Å². The Morgan fingerprint density at radius 2 is 2.00 bits per heavy atom. The molecule has 0 aromatic heterocycles. The minimum Gasteiger partial charge on any atom is -0.388 e. The van der Waals surface area contributed by atoms with E-state index in [0.717, 1.165) is 36.9 Å². The number of nitrogens with one attached hydrogen (secondary N) is 2. The van der Waals surface area contributed by atoms with Gasteiger partial charge in [-0.15, -0.1) is 0 Å². The lowest BCUT2D eigenvalue weighted by Gasteiger charge is -2.22. The van der Waals surface area contributed by atoms with Crippen molar-refractivity contribution >= 4 is 11.7 Å². The first-order valence-electron chi connectivity index (χ1n) is 7.11. The quantitative estimate of drug-likeness (QED) is 0.792. The Kier molecular flexibility index (Phi) is 3.63. The summed E-state index contributed by atoms with van der Waals surface area (Å²) in [4.78, 5) is 11.8. The molecule has 108 valence electrons. The average Bonchev–Trinajstić information content (AvgIpc) is 3.05. The molecule has 5 heteroatoms. The fraction of sp³-hybridized carbons (Fsp3) is 0.533. The number of carbonyl (C=O) groups excluding carboxylic acids is 1. The van der Waals surface area contributed by atoms with Crippen molar-refractivity contribution in [3.8, 4) is 0 Å². The molecule has 3 N–H and O–H groups in total. The lowest BCUT2D eigenvalue weighted by atomic mass is 10.0. The van der Waals surface area contributed by atoms with Gasteiger partial charge in [0.15, 0.2) is 0 Å². The van der Waals surface area contributed by atoms with Gasteiger partial charge in [-0.25, -0.2) is 4.79 Å². The molecule has 20 heavy (non-hydrogen) atoms. The molecule has 1 aliphatic carbocycles. The van der Waals surface area contributed by atoms with Gasteiger partial charge in [0.1, 0.15) is 0 Å².